The molecule has 80 valence electrons. The van der Waals surface area contributed by atoms with Crippen LogP contribution in [0.2, 0.25) is 0 Å². The number of hydrogen-bond acceptors (Lipinski definition) is 3. The highest BCUT2D eigenvalue weighted by molar-refractivity contribution is 5.57. The Morgan fingerprint density at radius 3 is 2.50 bits per heavy atom. The summed E-state index contributed by atoms with van der Waals surface area (Å²) in [6, 6.07) is 9.96. The highest BCUT2D eigenvalue weighted by Gasteiger charge is 2.13. The largest absolute Gasteiger partial charge is 0.494 e. The zero-order chi connectivity index (χ0) is 11.5. The van der Waals surface area contributed by atoms with E-state index in [9.17, 15) is 10.2 Å². The quantitative estimate of drug-likeness (QED) is 0.458. The molecule has 6 heteroatoms. The zero-order valence-corrected chi connectivity index (χ0v) is 8.15. The molecule has 0 amide bonds. The van der Waals surface area contributed by atoms with Gasteiger partial charge in [-0.1, -0.05) is 23.3 Å². The lowest BCUT2D eigenvalue weighted by molar-refractivity contribution is 0.403. The van der Waals surface area contributed by atoms with Gasteiger partial charge in [0.05, 0.1) is 5.69 Å². The molecule has 2 N–H and O–H groups in total. The lowest BCUT2D eigenvalue weighted by Gasteiger charge is -2.05. The number of azide groups is 1. The van der Waals surface area contributed by atoms with Gasteiger partial charge in [-0.25, -0.2) is 0 Å². The van der Waals surface area contributed by atoms with Crippen LogP contribution in [0.5, 0.6) is 11.8 Å². The first-order chi connectivity index (χ1) is 7.74. The molecule has 16 heavy (non-hydrogen) atoms. The maximum absolute atomic E-state index is 9.73. The smallest absolute Gasteiger partial charge is 0.208 e. The number of aromatic hydroxyl groups is 2. The van der Waals surface area contributed by atoms with Crippen molar-refractivity contribution in [2.24, 2.45) is 5.11 Å². The van der Waals surface area contributed by atoms with E-state index in [1.165, 1.54) is 10.6 Å². The fourth-order valence-electron chi connectivity index (χ4n) is 1.43. The van der Waals surface area contributed by atoms with Gasteiger partial charge in [-0.3, -0.25) is 4.57 Å². The average molecular weight is 216 g/mol. The molecule has 0 aliphatic heterocycles. The van der Waals surface area contributed by atoms with Crippen LogP contribution in [-0.4, -0.2) is 14.8 Å². The number of aromatic nitrogens is 1. The molecule has 1 aromatic carbocycles. The first kappa shape index (κ1) is 9.95. The van der Waals surface area contributed by atoms with Crippen LogP contribution in [0.25, 0.3) is 16.1 Å². The molecule has 1 aromatic heterocycles. The lowest BCUT2D eigenvalue weighted by atomic mass is 10.3. The number of rotatable bonds is 2. The van der Waals surface area contributed by atoms with E-state index in [2.05, 4.69) is 10.0 Å². The van der Waals surface area contributed by atoms with Gasteiger partial charge in [0.25, 0.3) is 0 Å². The highest BCUT2D eigenvalue weighted by atomic mass is 16.3. The maximum Gasteiger partial charge on any atom is 0.208 e. The molecule has 0 unspecified atom stereocenters. The van der Waals surface area contributed by atoms with Gasteiger partial charge in [-0.2, -0.15) is 0 Å². The predicted molar refractivity (Wildman–Crippen MR) is 57.9 cm³/mol. The Bertz CT molecular complexity index is 556. The van der Waals surface area contributed by atoms with E-state index in [-0.39, 0.29) is 17.4 Å². The van der Waals surface area contributed by atoms with E-state index in [1.54, 1.807) is 24.3 Å². The summed E-state index contributed by atoms with van der Waals surface area (Å²) in [5, 5.41) is 22.6. The molecule has 0 aliphatic carbocycles. The van der Waals surface area contributed by atoms with Crippen LogP contribution in [0.1, 0.15) is 0 Å². The van der Waals surface area contributed by atoms with Gasteiger partial charge in [-0.05, 0) is 17.7 Å². The van der Waals surface area contributed by atoms with Crippen LogP contribution in [0, 0.1) is 0 Å². The lowest BCUT2D eigenvalue weighted by Crippen LogP contribution is -1.91. The molecule has 1 heterocycles. The van der Waals surface area contributed by atoms with Crippen molar-refractivity contribution in [2.45, 2.75) is 0 Å². The van der Waals surface area contributed by atoms with E-state index >= 15 is 0 Å². The van der Waals surface area contributed by atoms with Crippen molar-refractivity contribution in [3.05, 3.63) is 46.8 Å². The maximum atomic E-state index is 9.73. The third-order valence-electron chi connectivity index (χ3n) is 2.10. The van der Waals surface area contributed by atoms with Crippen LogP contribution in [-0.2, 0) is 0 Å². The van der Waals surface area contributed by atoms with Crippen LogP contribution in [0.15, 0.2) is 41.5 Å². The van der Waals surface area contributed by atoms with Gasteiger partial charge < -0.3 is 10.2 Å². The van der Waals surface area contributed by atoms with E-state index in [4.69, 9.17) is 5.53 Å². The second kappa shape index (κ2) is 3.88. The van der Waals surface area contributed by atoms with Gasteiger partial charge in [0, 0.05) is 11.0 Å². The highest BCUT2D eigenvalue weighted by Crippen LogP contribution is 2.37. The minimum Gasteiger partial charge on any atom is -0.494 e. The SMILES string of the molecule is [N-]=[N+]=Nc1cc(O)n(-c2ccccc2)c1O. The van der Waals surface area contributed by atoms with Crippen molar-refractivity contribution in [3.8, 4) is 17.4 Å². The Hall–Kier alpha value is -2.59. The van der Waals surface area contributed by atoms with E-state index in [0.29, 0.717) is 5.69 Å². The Morgan fingerprint density at radius 1 is 1.19 bits per heavy atom. The molecule has 0 aliphatic rings. The summed E-state index contributed by atoms with van der Waals surface area (Å²) in [6.45, 7) is 0. The molecule has 0 saturated heterocycles. The standard InChI is InChI=1S/C10H8N4O2/c11-13-12-8-6-9(15)14(10(8)16)7-4-2-1-3-5-7/h1-6,15-16H. The molecule has 0 fully saturated rings. The Morgan fingerprint density at radius 2 is 1.88 bits per heavy atom. The Kier molecular flexibility index (Phi) is 2.41. The number of hydrogen-bond donors (Lipinski definition) is 2. The average Bonchev–Trinajstić information content (AvgIpc) is 2.56. The summed E-state index contributed by atoms with van der Waals surface area (Å²) in [6.07, 6.45) is 0. The third-order valence-corrected chi connectivity index (χ3v) is 2.10. The van der Waals surface area contributed by atoms with Gasteiger partial charge in [-0.15, -0.1) is 0 Å². The second-order valence-electron chi connectivity index (χ2n) is 3.07. The summed E-state index contributed by atoms with van der Waals surface area (Å²) in [7, 11) is 0. The Labute approximate surface area is 90.6 Å². The molecule has 2 aromatic rings. The summed E-state index contributed by atoms with van der Waals surface area (Å²) < 4.78 is 1.18. The molecular weight excluding hydrogens is 208 g/mol. The van der Waals surface area contributed by atoms with E-state index in [1.807, 2.05) is 6.07 Å². The van der Waals surface area contributed by atoms with E-state index in [0.717, 1.165) is 0 Å². The normalized spacial score (nSPS) is 9.75. The van der Waals surface area contributed by atoms with Crippen molar-refractivity contribution in [1.82, 2.24) is 4.57 Å². The topological polar surface area (TPSA) is 94.2 Å². The second-order valence-corrected chi connectivity index (χ2v) is 3.07. The van der Waals surface area contributed by atoms with Crippen molar-refractivity contribution >= 4 is 5.69 Å². The summed E-state index contributed by atoms with van der Waals surface area (Å²) in [4.78, 5) is 2.56. The molecule has 0 spiro atoms. The monoisotopic (exact) mass is 216 g/mol. The van der Waals surface area contributed by atoms with Crippen molar-refractivity contribution in [1.29, 1.82) is 0 Å². The van der Waals surface area contributed by atoms with Gasteiger partial charge in [0.1, 0.15) is 5.69 Å². The molecule has 0 atom stereocenters. The molecule has 0 saturated carbocycles. The van der Waals surface area contributed by atoms with Crippen molar-refractivity contribution in [3.63, 3.8) is 0 Å². The van der Waals surface area contributed by atoms with Gasteiger partial charge in [0.2, 0.25) is 5.88 Å². The molecule has 2 rings (SSSR count). The molecule has 0 radical (unpaired) electrons. The summed E-state index contributed by atoms with van der Waals surface area (Å²) >= 11 is 0. The Balaban J connectivity index is 2.62. The summed E-state index contributed by atoms with van der Waals surface area (Å²) in [5.74, 6) is -0.479. The molecule has 6 nitrogen and oxygen atoms in total. The van der Waals surface area contributed by atoms with Gasteiger partial charge >= 0.3 is 0 Å². The summed E-state index contributed by atoms with van der Waals surface area (Å²) in [5.41, 5.74) is 8.84. The first-order valence-corrected chi connectivity index (χ1v) is 4.48. The van der Waals surface area contributed by atoms with Crippen LogP contribution >= 0.6 is 0 Å². The van der Waals surface area contributed by atoms with Crippen molar-refractivity contribution in [2.75, 3.05) is 0 Å². The number of para-hydroxylation sites is 1. The van der Waals surface area contributed by atoms with Gasteiger partial charge in [0.15, 0.2) is 5.88 Å². The number of nitrogens with zero attached hydrogens (tertiary/aromatic N) is 4. The minimum atomic E-state index is -0.290. The zero-order valence-electron chi connectivity index (χ0n) is 8.15. The first-order valence-electron chi connectivity index (χ1n) is 4.48. The minimum absolute atomic E-state index is 0.0103. The molecule has 0 bridgehead atoms. The van der Waals surface area contributed by atoms with Crippen molar-refractivity contribution < 1.29 is 10.2 Å². The fourth-order valence-corrected chi connectivity index (χ4v) is 1.43. The fraction of sp³-hybridized carbons (Fsp3) is 0. The predicted octanol–water partition coefficient (Wildman–Crippen LogP) is 2.83. The van der Waals surface area contributed by atoms with E-state index < -0.39 is 0 Å². The van der Waals surface area contributed by atoms with Crippen LogP contribution in [0.4, 0.5) is 5.69 Å². The third kappa shape index (κ3) is 1.53. The van der Waals surface area contributed by atoms with Crippen LogP contribution in [0.3, 0.4) is 0 Å². The van der Waals surface area contributed by atoms with Crippen LogP contribution < -0.4 is 0 Å². The molecular formula is C10H8N4O2. The number of benzene rings is 1.